The Kier molecular flexibility index (Phi) is 5.13. The maximum absolute atomic E-state index is 12.3. The Labute approximate surface area is 144 Å². The minimum atomic E-state index is -0.243. The number of carbonyl (C=O) groups is 2. The number of aromatic nitrogens is 2. The van der Waals surface area contributed by atoms with Gasteiger partial charge in [0.1, 0.15) is 11.5 Å². The van der Waals surface area contributed by atoms with Gasteiger partial charge in [-0.2, -0.15) is 0 Å². The minimum Gasteiger partial charge on any atom is -0.361 e. The van der Waals surface area contributed by atoms with Crippen molar-refractivity contribution in [3.05, 3.63) is 35.0 Å². The molecule has 1 aliphatic rings. The largest absolute Gasteiger partial charge is 0.361 e. The van der Waals surface area contributed by atoms with Crippen LogP contribution in [0.1, 0.15) is 32.5 Å². The second-order valence-electron chi connectivity index (χ2n) is 6.04. The molecule has 1 saturated heterocycles. The lowest BCUT2D eigenvalue weighted by atomic mass is 10.2. The van der Waals surface area contributed by atoms with Crippen LogP contribution in [0.15, 0.2) is 21.2 Å². The molecule has 0 aliphatic carbocycles. The highest BCUT2D eigenvalue weighted by Crippen LogP contribution is 2.09. The van der Waals surface area contributed by atoms with Gasteiger partial charge in [-0.05, 0) is 13.8 Å². The zero-order chi connectivity index (χ0) is 17.8. The predicted octanol–water partition coefficient (Wildman–Crippen LogP) is 0.467. The van der Waals surface area contributed by atoms with E-state index < -0.39 is 0 Å². The van der Waals surface area contributed by atoms with Gasteiger partial charge in [0.15, 0.2) is 11.4 Å². The molecule has 1 N–H and O–H groups in total. The first-order chi connectivity index (χ1) is 12.0. The summed E-state index contributed by atoms with van der Waals surface area (Å²) in [6.07, 6.45) is 0. The Morgan fingerprint density at radius 1 is 1.04 bits per heavy atom. The van der Waals surface area contributed by atoms with Crippen LogP contribution in [0.5, 0.6) is 0 Å². The highest BCUT2D eigenvalue weighted by atomic mass is 16.5. The Balaban J connectivity index is 1.39. The zero-order valence-electron chi connectivity index (χ0n) is 14.3. The standard InChI is InChI=1S/C16H21N5O4/c1-11-9-13(18-24-11)15(22)17-3-4-20-5-7-21(8-6-20)16(23)14-10-12(2)25-19-14/h9-10H,3-8H2,1-2H3,(H,17,22). The lowest BCUT2D eigenvalue weighted by Gasteiger charge is -2.34. The quantitative estimate of drug-likeness (QED) is 0.838. The number of hydrogen-bond donors (Lipinski definition) is 1. The molecular weight excluding hydrogens is 326 g/mol. The van der Waals surface area contributed by atoms with E-state index in [9.17, 15) is 9.59 Å². The number of hydrogen-bond acceptors (Lipinski definition) is 7. The van der Waals surface area contributed by atoms with Gasteiger partial charge in [-0.25, -0.2) is 0 Å². The molecule has 0 spiro atoms. The monoisotopic (exact) mass is 347 g/mol. The first-order valence-corrected chi connectivity index (χ1v) is 8.19. The number of nitrogens with zero attached hydrogens (tertiary/aromatic N) is 4. The van der Waals surface area contributed by atoms with Crippen molar-refractivity contribution in [1.29, 1.82) is 0 Å². The van der Waals surface area contributed by atoms with Gasteiger partial charge in [0.25, 0.3) is 11.8 Å². The summed E-state index contributed by atoms with van der Waals surface area (Å²) in [6, 6.07) is 3.25. The van der Waals surface area contributed by atoms with Gasteiger partial charge in [0.2, 0.25) is 0 Å². The van der Waals surface area contributed by atoms with Crippen molar-refractivity contribution in [2.24, 2.45) is 0 Å². The molecule has 25 heavy (non-hydrogen) atoms. The lowest BCUT2D eigenvalue weighted by Crippen LogP contribution is -2.50. The fourth-order valence-electron chi connectivity index (χ4n) is 2.70. The molecule has 9 nitrogen and oxygen atoms in total. The van der Waals surface area contributed by atoms with E-state index in [-0.39, 0.29) is 17.5 Å². The second-order valence-corrected chi connectivity index (χ2v) is 6.04. The maximum atomic E-state index is 12.3. The topological polar surface area (TPSA) is 105 Å². The van der Waals surface area contributed by atoms with E-state index in [1.807, 2.05) is 0 Å². The minimum absolute atomic E-state index is 0.105. The summed E-state index contributed by atoms with van der Waals surface area (Å²) in [5.41, 5.74) is 0.636. The van der Waals surface area contributed by atoms with E-state index in [4.69, 9.17) is 9.05 Å². The molecule has 1 aliphatic heterocycles. The Morgan fingerprint density at radius 2 is 1.64 bits per heavy atom. The van der Waals surface area contributed by atoms with E-state index in [0.717, 1.165) is 13.1 Å². The average Bonchev–Trinajstić information content (AvgIpc) is 3.23. The molecule has 3 heterocycles. The Hall–Kier alpha value is -2.68. The molecule has 0 saturated carbocycles. The van der Waals surface area contributed by atoms with Crippen LogP contribution in [0, 0.1) is 13.8 Å². The predicted molar refractivity (Wildman–Crippen MR) is 87.2 cm³/mol. The van der Waals surface area contributed by atoms with Crippen molar-refractivity contribution in [2.75, 3.05) is 39.3 Å². The fraction of sp³-hybridized carbons (Fsp3) is 0.500. The van der Waals surface area contributed by atoms with Crippen LogP contribution in [0.3, 0.4) is 0 Å². The molecule has 0 atom stereocenters. The highest BCUT2D eigenvalue weighted by molar-refractivity contribution is 5.92. The first kappa shape index (κ1) is 17.2. The van der Waals surface area contributed by atoms with Gasteiger partial charge in [0.05, 0.1) is 0 Å². The molecule has 2 amide bonds. The molecule has 2 aromatic heterocycles. The average molecular weight is 347 g/mol. The maximum Gasteiger partial charge on any atom is 0.276 e. The number of aryl methyl sites for hydroxylation is 2. The number of rotatable bonds is 5. The van der Waals surface area contributed by atoms with Crippen molar-refractivity contribution >= 4 is 11.8 Å². The van der Waals surface area contributed by atoms with Crippen molar-refractivity contribution in [3.63, 3.8) is 0 Å². The molecule has 0 aromatic carbocycles. The summed E-state index contributed by atoms with van der Waals surface area (Å²) < 4.78 is 9.83. The zero-order valence-corrected chi connectivity index (χ0v) is 14.3. The van der Waals surface area contributed by atoms with Gasteiger partial charge < -0.3 is 19.3 Å². The third kappa shape index (κ3) is 4.24. The normalized spacial score (nSPS) is 15.4. The summed E-state index contributed by atoms with van der Waals surface area (Å²) in [6.45, 7) is 7.49. The van der Waals surface area contributed by atoms with Crippen molar-refractivity contribution in [2.45, 2.75) is 13.8 Å². The number of piperazine rings is 1. The molecule has 2 aromatic rings. The Bertz CT molecular complexity index is 743. The van der Waals surface area contributed by atoms with Crippen LogP contribution in [0.4, 0.5) is 0 Å². The highest BCUT2D eigenvalue weighted by Gasteiger charge is 2.24. The fourth-order valence-corrected chi connectivity index (χ4v) is 2.70. The van der Waals surface area contributed by atoms with Crippen LogP contribution < -0.4 is 5.32 Å². The summed E-state index contributed by atoms with van der Waals surface area (Å²) in [7, 11) is 0. The van der Waals surface area contributed by atoms with E-state index in [2.05, 4.69) is 20.5 Å². The number of amides is 2. The van der Waals surface area contributed by atoms with Crippen LogP contribution in [-0.2, 0) is 0 Å². The van der Waals surface area contributed by atoms with Crippen molar-refractivity contribution in [1.82, 2.24) is 25.4 Å². The summed E-state index contributed by atoms with van der Waals surface area (Å²) in [5.74, 6) is 0.881. The van der Waals surface area contributed by atoms with E-state index >= 15 is 0 Å². The third-order valence-corrected chi connectivity index (χ3v) is 4.08. The van der Waals surface area contributed by atoms with Crippen LogP contribution >= 0.6 is 0 Å². The molecule has 0 radical (unpaired) electrons. The Morgan fingerprint density at radius 3 is 2.20 bits per heavy atom. The smallest absolute Gasteiger partial charge is 0.276 e. The van der Waals surface area contributed by atoms with Gasteiger partial charge in [-0.3, -0.25) is 14.5 Å². The van der Waals surface area contributed by atoms with Gasteiger partial charge in [0, 0.05) is 51.4 Å². The molecule has 9 heteroatoms. The van der Waals surface area contributed by atoms with Crippen LogP contribution in [-0.4, -0.2) is 71.2 Å². The molecular formula is C16H21N5O4. The lowest BCUT2D eigenvalue weighted by molar-refractivity contribution is 0.0628. The van der Waals surface area contributed by atoms with E-state index in [1.165, 1.54) is 0 Å². The molecule has 1 fully saturated rings. The van der Waals surface area contributed by atoms with Crippen molar-refractivity contribution in [3.8, 4) is 0 Å². The summed E-state index contributed by atoms with van der Waals surface area (Å²) in [5, 5.41) is 10.3. The summed E-state index contributed by atoms with van der Waals surface area (Å²) >= 11 is 0. The van der Waals surface area contributed by atoms with Crippen LogP contribution in [0.2, 0.25) is 0 Å². The number of nitrogens with one attached hydrogen (secondary N) is 1. The van der Waals surface area contributed by atoms with Crippen LogP contribution in [0.25, 0.3) is 0 Å². The van der Waals surface area contributed by atoms with E-state index in [1.54, 1.807) is 30.9 Å². The third-order valence-electron chi connectivity index (χ3n) is 4.08. The SMILES string of the molecule is Cc1cc(C(=O)NCCN2CCN(C(=O)c3cc(C)on3)CC2)no1. The van der Waals surface area contributed by atoms with Crippen molar-refractivity contribution < 1.29 is 18.6 Å². The van der Waals surface area contributed by atoms with E-state index in [0.29, 0.717) is 43.4 Å². The molecule has 0 bridgehead atoms. The summed E-state index contributed by atoms with van der Waals surface area (Å²) in [4.78, 5) is 28.1. The van der Waals surface area contributed by atoms with Gasteiger partial charge in [-0.15, -0.1) is 0 Å². The number of carbonyl (C=O) groups excluding carboxylic acids is 2. The second kappa shape index (κ2) is 7.47. The molecule has 0 unspecified atom stereocenters. The molecule has 134 valence electrons. The molecule has 3 rings (SSSR count). The van der Waals surface area contributed by atoms with Gasteiger partial charge >= 0.3 is 0 Å². The first-order valence-electron chi connectivity index (χ1n) is 8.19. The van der Waals surface area contributed by atoms with Gasteiger partial charge in [-0.1, -0.05) is 10.3 Å².